The molecule has 0 radical (unpaired) electrons. The first-order chi connectivity index (χ1) is 7.69. The van der Waals surface area contributed by atoms with Crippen molar-refractivity contribution in [2.75, 3.05) is 6.61 Å². The summed E-state index contributed by atoms with van der Waals surface area (Å²) in [5.41, 5.74) is 1.09. The zero-order chi connectivity index (χ0) is 11.5. The maximum absolute atomic E-state index is 13.0. The van der Waals surface area contributed by atoms with Gasteiger partial charge in [-0.2, -0.15) is 0 Å². The van der Waals surface area contributed by atoms with Crippen molar-refractivity contribution in [1.29, 1.82) is 0 Å². The topological polar surface area (TPSA) is 32.3 Å². The average molecular weight is 223 g/mol. The summed E-state index contributed by atoms with van der Waals surface area (Å²) in [5.74, 6) is 0.316. The lowest BCUT2D eigenvalue weighted by atomic mass is 9.75. The third kappa shape index (κ3) is 2.60. The van der Waals surface area contributed by atoms with Crippen LogP contribution in [0, 0.1) is 5.82 Å². The van der Waals surface area contributed by atoms with Crippen molar-refractivity contribution in [2.45, 2.75) is 37.8 Å². The lowest BCUT2D eigenvalue weighted by molar-refractivity contribution is 0.204. The molecular weight excluding hydrogens is 205 g/mol. The summed E-state index contributed by atoms with van der Waals surface area (Å²) in [4.78, 5) is 0. The summed E-state index contributed by atoms with van der Waals surface area (Å²) in [6.45, 7) is 2.14. The molecule has 2 rings (SSSR count). The van der Waals surface area contributed by atoms with Crippen molar-refractivity contribution >= 4 is 0 Å². The lowest BCUT2D eigenvalue weighted by Gasteiger charge is -2.37. The van der Waals surface area contributed by atoms with Gasteiger partial charge in [-0.15, -0.1) is 0 Å². The smallest absolute Gasteiger partial charge is 0.123 e. The van der Waals surface area contributed by atoms with Gasteiger partial charge < -0.3 is 10.4 Å². The minimum Gasteiger partial charge on any atom is -0.395 e. The van der Waals surface area contributed by atoms with Gasteiger partial charge in [0.2, 0.25) is 0 Å². The van der Waals surface area contributed by atoms with Crippen LogP contribution in [0.1, 0.15) is 31.2 Å². The van der Waals surface area contributed by atoms with E-state index in [1.54, 1.807) is 12.1 Å². The van der Waals surface area contributed by atoms with E-state index in [0.717, 1.165) is 18.4 Å². The third-order valence-electron chi connectivity index (χ3n) is 3.25. The van der Waals surface area contributed by atoms with Gasteiger partial charge in [-0.25, -0.2) is 4.39 Å². The average Bonchev–Trinajstić information content (AvgIpc) is 2.22. The molecule has 0 bridgehead atoms. The Bertz CT molecular complexity index is 350. The highest BCUT2D eigenvalue weighted by atomic mass is 19.1. The van der Waals surface area contributed by atoms with E-state index in [1.807, 2.05) is 13.0 Å². The van der Waals surface area contributed by atoms with Gasteiger partial charge in [0.15, 0.2) is 0 Å². The van der Waals surface area contributed by atoms with Gasteiger partial charge in [0, 0.05) is 12.1 Å². The van der Waals surface area contributed by atoms with E-state index < -0.39 is 0 Å². The van der Waals surface area contributed by atoms with Crippen molar-refractivity contribution in [1.82, 2.24) is 5.32 Å². The molecule has 1 aliphatic carbocycles. The normalized spacial score (nSPS) is 26.2. The maximum Gasteiger partial charge on any atom is 0.123 e. The second-order valence-electron chi connectivity index (χ2n) is 4.67. The first-order valence-electron chi connectivity index (χ1n) is 5.81. The van der Waals surface area contributed by atoms with Gasteiger partial charge >= 0.3 is 0 Å². The number of hydrogen-bond donors (Lipinski definition) is 2. The van der Waals surface area contributed by atoms with Crippen molar-refractivity contribution in [2.24, 2.45) is 0 Å². The zero-order valence-corrected chi connectivity index (χ0v) is 9.49. The van der Waals surface area contributed by atoms with E-state index >= 15 is 0 Å². The Morgan fingerprint density at radius 2 is 2.25 bits per heavy atom. The van der Waals surface area contributed by atoms with Crippen molar-refractivity contribution in [3.8, 4) is 0 Å². The van der Waals surface area contributed by atoms with Crippen molar-refractivity contribution < 1.29 is 9.50 Å². The minimum absolute atomic E-state index is 0.151. The second kappa shape index (κ2) is 4.93. The molecule has 0 aromatic heterocycles. The molecule has 1 atom stereocenters. The molecule has 1 aromatic rings. The Labute approximate surface area is 95.5 Å². The van der Waals surface area contributed by atoms with Gasteiger partial charge in [0.05, 0.1) is 6.61 Å². The molecule has 88 valence electrons. The number of rotatable bonds is 4. The molecule has 1 aliphatic rings. The summed E-state index contributed by atoms with van der Waals surface area (Å²) < 4.78 is 13.0. The molecule has 0 heterocycles. The highest BCUT2D eigenvalue weighted by molar-refractivity contribution is 5.23. The van der Waals surface area contributed by atoms with Crippen LogP contribution in [0.15, 0.2) is 24.3 Å². The number of nitrogens with one attached hydrogen (secondary N) is 1. The monoisotopic (exact) mass is 223 g/mol. The van der Waals surface area contributed by atoms with Crippen LogP contribution in [0.2, 0.25) is 0 Å². The Morgan fingerprint density at radius 1 is 1.50 bits per heavy atom. The van der Waals surface area contributed by atoms with Crippen LogP contribution in [0.5, 0.6) is 0 Å². The predicted molar refractivity (Wildman–Crippen MR) is 61.8 cm³/mol. The van der Waals surface area contributed by atoms with Gasteiger partial charge in [-0.3, -0.25) is 0 Å². The number of aliphatic hydroxyl groups excluding tert-OH is 1. The second-order valence-corrected chi connectivity index (χ2v) is 4.67. The summed E-state index contributed by atoms with van der Waals surface area (Å²) in [7, 11) is 0. The van der Waals surface area contributed by atoms with Gasteiger partial charge in [-0.1, -0.05) is 12.1 Å². The molecule has 2 nitrogen and oxygen atoms in total. The van der Waals surface area contributed by atoms with E-state index in [0.29, 0.717) is 12.0 Å². The van der Waals surface area contributed by atoms with Crippen molar-refractivity contribution in [3.05, 3.63) is 35.6 Å². The van der Waals surface area contributed by atoms with E-state index in [-0.39, 0.29) is 18.5 Å². The first kappa shape index (κ1) is 11.6. The molecule has 0 aliphatic heterocycles. The van der Waals surface area contributed by atoms with E-state index in [9.17, 15) is 4.39 Å². The summed E-state index contributed by atoms with van der Waals surface area (Å²) in [5, 5.41) is 12.2. The Balaban J connectivity index is 1.84. The Morgan fingerprint density at radius 3 is 2.88 bits per heavy atom. The molecule has 1 unspecified atom stereocenters. The SMILES string of the molecule is CC(CO)NC1CC(c2cccc(F)c2)C1. The zero-order valence-electron chi connectivity index (χ0n) is 9.49. The van der Waals surface area contributed by atoms with Gasteiger partial charge in [0.1, 0.15) is 5.82 Å². The molecule has 0 spiro atoms. The van der Waals surface area contributed by atoms with Gasteiger partial charge in [0.25, 0.3) is 0 Å². The Kier molecular flexibility index (Phi) is 3.56. The molecule has 0 saturated heterocycles. The predicted octanol–water partition coefficient (Wildman–Crippen LogP) is 2.04. The highest BCUT2D eigenvalue weighted by Crippen LogP contribution is 2.37. The largest absolute Gasteiger partial charge is 0.395 e. The number of benzene rings is 1. The van der Waals surface area contributed by atoms with Crippen LogP contribution in [0.3, 0.4) is 0 Å². The standard InChI is InChI=1S/C13H18FNO/c1-9(8-16)15-13-6-11(7-13)10-3-2-4-12(14)5-10/h2-5,9,11,13,15-16H,6-8H2,1H3. The molecular formula is C13H18FNO. The van der Waals surface area contributed by atoms with Gasteiger partial charge in [-0.05, 0) is 43.4 Å². The molecule has 1 saturated carbocycles. The molecule has 0 amide bonds. The fourth-order valence-electron chi connectivity index (χ4n) is 2.24. The van der Waals surface area contributed by atoms with E-state index in [4.69, 9.17) is 5.11 Å². The summed E-state index contributed by atoms with van der Waals surface area (Å²) in [6.07, 6.45) is 2.07. The van der Waals surface area contributed by atoms with E-state index in [2.05, 4.69) is 5.32 Å². The third-order valence-corrected chi connectivity index (χ3v) is 3.25. The van der Waals surface area contributed by atoms with Crippen LogP contribution >= 0.6 is 0 Å². The quantitative estimate of drug-likeness (QED) is 0.818. The fraction of sp³-hybridized carbons (Fsp3) is 0.538. The lowest BCUT2D eigenvalue weighted by Crippen LogP contribution is -2.45. The first-order valence-corrected chi connectivity index (χ1v) is 5.81. The van der Waals surface area contributed by atoms with Crippen LogP contribution in [-0.4, -0.2) is 23.8 Å². The molecule has 16 heavy (non-hydrogen) atoms. The molecule has 2 N–H and O–H groups in total. The number of hydrogen-bond acceptors (Lipinski definition) is 2. The molecule has 1 fully saturated rings. The van der Waals surface area contributed by atoms with Crippen LogP contribution in [0.25, 0.3) is 0 Å². The Hall–Kier alpha value is -0.930. The minimum atomic E-state index is -0.155. The summed E-state index contributed by atoms with van der Waals surface area (Å²) >= 11 is 0. The van der Waals surface area contributed by atoms with Crippen molar-refractivity contribution in [3.63, 3.8) is 0 Å². The molecule has 1 aromatic carbocycles. The van der Waals surface area contributed by atoms with Crippen LogP contribution < -0.4 is 5.32 Å². The van der Waals surface area contributed by atoms with E-state index in [1.165, 1.54) is 6.07 Å². The maximum atomic E-state index is 13.0. The van der Waals surface area contributed by atoms with Crippen LogP contribution in [0.4, 0.5) is 4.39 Å². The number of aliphatic hydroxyl groups is 1. The van der Waals surface area contributed by atoms with Crippen LogP contribution in [-0.2, 0) is 0 Å². The fourth-order valence-corrected chi connectivity index (χ4v) is 2.24. The highest BCUT2D eigenvalue weighted by Gasteiger charge is 2.30. The number of halogens is 1. The summed E-state index contributed by atoms with van der Waals surface area (Å²) in [6, 6.07) is 7.47. The molecule has 3 heteroatoms.